The quantitative estimate of drug-likeness (QED) is 0.0320. The summed E-state index contributed by atoms with van der Waals surface area (Å²) < 4.78 is 5.49. The Hall–Kier alpha value is -1.66. The summed E-state index contributed by atoms with van der Waals surface area (Å²) in [5.74, 6) is -0.0215. The van der Waals surface area contributed by atoms with E-state index in [1.54, 1.807) is 0 Å². The number of esters is 1. The van der Waals surface area contributed by atoms with Gasteiger partial charge in [-0.3, -0.25) is 9.59 Å². The number of rotatable bonds is 65. The lowest BCUT2D eigenvalue weighted by atomic mass is 10.0. The first-order valence-electron chi connectivity index (χ1n) is 34.6. The Morgan fingerprint density at radius 3 is 0.934 bits per heavy atom. The standard InChI is InChI=1S/C70H135NO5/c1-3-5-7-9-11-13-15-17-35-40-44-48-52-56-60-64-70(75)76-65-61-57-53-49-45-41-37-34-32-30-28-26-24-22-20-19-21-23-25-27-29-31-33-36-39-43-47-51-55-59-63-69(74)71-67(66-72)68(73)62-58-54-50-46-42-38-18-16-14-12-10-8-6-4-2/h17,20,22,35,67-68,72-73H,3-16,18-19,21,23-34,36-66H2,1-2H3,(H,71,74)/b22-20-,35-17-. The topological polar surface area (TPSA) is 95.9 Å². The van der Waals surface area contributed by atoms with Gasteiger partial charge in [-0.05, 0) is 77.0 Å². The van der Waals surface area contributed by atoms with Crippen LogP contribution in [-0.2, 0) is 14.3 Å². The van der Waals surface area contributed by atoms with Gasteiger partial charge in [-0.25, -0.2) is 0 Å². The predicted octanol–water partition coefficient (Wildman–Crippen LogP) is 22.1. The van der Waals surface area contributed by atoms with Crippen molar-refractivity contribution < 1.29 is 24.5 Å². The summed E-state index contributed by atoms with van der Waals surface area (Å²) in [5, 5.41) is 23.3. The number of unbranched alkanes of at least 4 members (excludes halogenated alkanes) is 50. The van der Waals surface area contributed by atoms with E-state index >= 15 is 0 Å². The van der Waals surface area contributed by atoms with E-state index in [-0.39, 0.29) is 18.5 Å². The minimum absolute atomic E-state index is 0.00972. The molecule has 1 amide bonds. The Morgan fingerprint density at radius 2 is 0.618 bits per heavy atom. The number of hydrogen-bond donors (Lipinski definition) is 3. The molecule has 0 bridgehead atoms. The first kappa shape index (κ1) is 74.3. The number of ether oxygens (including phenoxy) is 1. The molecule has 0 rings (SSSR count). The number of carbonyl (C=O) groups excluding carboxylic acids is 2. The van der Waals surface area contributed by atoms with Crippen molar-refractivity contribution in [2.24, 2.45) is 0 Å². The summed E-state index contributed by atoms with van der Waals surface area (Å²) in [4.78, 5) is 24.6. The van der Waals surface area contributed by atoms with Gasteiger partial charge in [0, 0.05) is 12.8 Å². The van der Waals surface area contributed by atoms with Crippen LogP contribution in [0.3, 0.4) is 0 Å². The van der Waals surface area contributed by atoms with Gasteiger partial charge in [0.1, 0.15) is 0 Å². The fourth-order valence-electron chi connectivity index (χ4n) is 10.9. The maximum atomic E-state index is 12.5. The third kappa shape index (κ3) is 61.6. The molecule has 0 spiro atoms. The third-order valence-corrected chi connectivity index (χ3v) is 16.2. The maximum absolute atomic E-state index is 12.5. The molecule has 0 aliphatic rings. The molecule has 3 N–H and O–H groups in total. The van der Waals surface area contributed by atoms with Crippen molar-refractivity contribution in [3.05, 3.63) is 24.3 Å². The number of allylic oxidation sites excluding steroid dienone is 4. The summed E-state index contributed by atoms with van der Waals surface area (Å²) in [5.41, 5.74) is 0. The summed E-state index contributed by atoms with van der Waals surface area (Å²) in [6.07, 6.45) is 82.2. The van der Waals surface area contributed by atoms with Crippen LogP contribution in [0.4, 0.5) is 0 Å². The monoisotopic (exact) mass is 1070 g/mol. The van der Waals surface area contributed by atoms with Crippen molar-refractivity contribution in [2.75, 3.05) is 13.2 Å². The molecule has 0 aromatic carbocycles. The minimum Gasteiger partial charge on any atom is -0.466 e. The second kappa shape index (κ2) is 65.9. The molecule has 2 atom stereocenters. The largest absolute Gasteiger partial charge is 0.466 e. The second-order valence-electron chi connectivity index (χ2n) is 23.9. The van der Waals surface area contributed by atoms with Crippen molar-refractivity contribution in [3.63, 3.8) is 0 Å². The van der Waals surface area contributed by atoms with Crippen molar-refractivity contribution in [1.82, 2.24) is 5.32 Å². The van der Waals surface area contributed by atoms with Crippen LogP contribution in [0.5, 0.6) is 0 Å². The van der Waals surface area contributed by atoms with Crippen LogP contribution in [0.25, 0.3) is 0 Å². The lowest BCUT2D eigenvalue weighted by Gasteiger charge is -2.22. The van der Waals surface area contributed by atoms with Crippen LogP contribution in [0.2, 0.25) is 0 Å². The van der Waals surface area contributed by atoms with Gasteiger partial charge in [-0.15, -0.1) is 0 Å². The number of aliphatic hydroxyl groups excluding tert-OH is 2. The Labute approximate surface area is 475 Å². The fourth-order valence-corrected chi connectivity index (χ4v) is 10.9. The Bertz CT molecular complexity index is 1190. The van der Waals surface area contributed by atoms with Crippen molar-refractivity contribution in [2.45, 2.75) is 398 Å². The maximum Gasteiger partial charge on any atom is 0.305 e. The number of aliphatic hydroxyl groups is 2. The normalized spacial score (nSPS) is 12.6. The smallest absolute Gasteiger partial charge is 0.305 e. The highest BCUT2D eigenvalue weighted by molar-refractivity contribution is 5.76. The van der Waals surface area contributed by atoms with E-state index in [0.717, 1.165) is 44.9 Å². The van der Waals surface area contributed by atoms with Gasteiger partial charge in [0.15, 0.2) is 0 Å². The number of nitrogens with one attached hydrogen (secondary N) is 1. The van der Waals surface area contributed by atoms with Crippen LogP contribution in [0, 0.1) is 0 Å². The van der Waals surface area contributed by atoms with Crippen LogP contribution in [0.15, 0.2) is 24.3 Å². The molecular formula is C70H135NO5. The highest BCUT2D eigenvalue weighted by atomic mass is 16.5. The van der Waals surface area contributed by atoms with Crippen molar-refractivity contribution >= 4 is 11.9 Å². The molecule has 0 radical (unpaired) electrons. The van der Waals surface area contributed by atoms with Crippen LogP contribution in [0.1, 0.15) is 386 Å². The molecule has 0 aromatic rings. The number of amides is 1. The molecule has 76 heavy (non-hydrogen) atoms. The Balaban J connectivity index is 3.35. The Morgan fingerprint density at radius 1 is 0.355 bits per heavy atom. The average molecular weight is 1070 g/mol. The highest BCUT2D eigenvalue weighted by Crippen LogP contribution is 2.18. The van der Waals surface area contributed by atoms with E-state index in [2.05, 4.69) is 43.5 Å². The van der Waals surface area contributed by atoms with E-state index < -0.39 is 12.1 Å². The van der Waals surface area contributed by atoms with E-state index in [1.165, 1.54) is 308 Å². The molecule has 0 aliphatic heterocycles. The molecule has 0 heterocycles. The number of hydrogen-bond acceptors (Lipinski definition) is 5. The van der Waals surface area contributed by atoms with Gasteiger partial charge in [0.25, 0.3) is 0 Å². The predicted molar refractivity (Wildman–Crippen MR) is 333 cm³/mol. The SMILES string of the molecule is CCCCCCCC/C=C\CCCCCCCC(=O)OCCCCCCCCCCCCCC/C=C\CCCCCCCCCCCCCCCCC(=O)NC(CO)C(O)CCCCCCCCCCCCCCCC. The summed E-state index contributed by atoms with van der Waals surface area (Å²) in [7, 11) is 0. The molecule has 6 nitrogen and oxygen atoms in total. The molecule has 450 valence electrons. The average Bonchev–Trinajstić information content (AvgIpc) is 3.42. The highest BCUT2D eigenvalue weighted by Gasteiger charge is 2.20. The summed E-state index contributed by atoms with van der Waals surface area (Å²) >= 11 is 0. The fraction of sp³-hybridized carbons (Fsp3) is 0.914. The van der Waals surface area contributed by atoms with Crippen LogP contribution >= 0.6 is 0 Å². The lowest BCUT2D eigenvalue weighted by Crippen LogP contribution is -2.45. The van der Waals surface area contributed by atoms with Gasteiger partial charge in [0.05, 0.1) is 25.4 Å². The van der Waals surface area contributed by atoms with Gasteiger partial charge in [0.2, 0.25) is 5.91 Å². The Kier molecular flexibility index (Phi) is 64.4. The van der Waals surface area contributed by atoms with Crippen LogP contribution in [-0.4, -0.2) is 47.4 Å². The molecule has 0 saturated heterocycles. The van der Waals surface area contributed by atoms with E-state index in [9.17, 15) is 19.8 Å². The molecule has 0 aromatic heterocycles. The third-order valence-electron chi connectivity index (χ3n) is 16.2. The van der Waals surface area contributed by atoms with E-state index in [0.29, 0.717) is 25.9 Å². The van der Waals surface area contributed by atoms with Gasteiger partial charge in [-0.1, -0.05) is 321 Å². The molecule has 0 aliphatic carbocycles. The van der Waals surface area contributed by atoms with Crippen molar-refractivity contribution in [1.29, 1.82) is 0 Å². The molecule has 0 fully saturated rings. The molecule has 0 saturated carbocycles. The number of carbonyl (C=O) groups is 2. The van der Waals surface area contributed by atoms with Gasteiger partial charge >= 0.3 is 5.97 Å². The zero-order chi connectivity index (χ0) is 55.0. The first-order valence-corrected chi connectivity index (χ1v) is 34.6. The lowest BCUT2D eigenvalue weighted by molar-refractivity contribution is -0.143. The van der Waals surface area contributed by atoms with E-state index in [4.69, 9.17) is 4.74 Å². The summed E-state index contributed by atoms with van der Waals surface area (Å²) in [6.45, 7) is 4.97. The van der Waals surface area contributed by atoms with Crippen LogP contribution < -0.4 is 5.32 Å². The second-order valence-corrected chi connectivity index (χ2v) is 23.9. The van der Waals surface area contributed by atoms with Gasteiger partial charge in [-0.2, -0.15) is 0 Å². The van der Waals surface area contributed by atoms with Gasteiger partial charge < -0.3 is 20.3 Å². The zero-order valence-electron chi connectivity index (χ0n) is 51.5. The minimum atomic E-state index is -0.662. The molecular weight excluding hydrogens is 935 g/mol. The summed E-state index contributed by atoms with van der Waals surface area (Å²) in [6, 6.07) is -0.539. The van der Waals surface area contributed by atoms with Crippen molar-refractivity contribution in [3.8, 4) is 0 Å². The first-order chi connectivity index (χ1) is 37.5. The molecule has 6 heteroatoms. The zero-order valence-corrected chi connectivity index (χ0v) is 51.5. The van der Waals surface area contributed by atoms with E-state index in [1.807, 2.05) is 0 Å². The molecule has 2 unspecified atom stereocenters.